The van der Waals surface area contributed by atoms with E-state index in [1.54, 1.807) is 4.68 Å². The summed E-state index contributed by atoms with van der Waals surface area (Å²) in [6, 6.07) is 4.21. The first-order valence-corrected chi connectivity index (χ1v) is 13.9. The van der Waals surface area contributed by atoms with Crippen LogP contribution in [-0.4, -0.2) is 76.8 Å². The lowest BCUT2D eigenvalue weighted by atomic mass is 9.90. The minimum atomic E-state index is 0.656. The second-order valence-electron chi connectivity index (χ2n) is 10.7. The number of ether oxygens (including phenoxy) is 1. The minimum absolute atomic E-state index is 0.656. The fourth-order valence-corrected chi connectivity index (χ4v) is 5.82. The molecular formula is C30H33N9O. The zero-order chi connectivity index (χ0) is 27.1. The average Bonchev–Trinajstić information content (AvgIpc) is 3.71. The van der Waals surface area contributed by atoms with Gasteiger partial charge in [-0.1, -0.05) is 0 Å². The molecule has 10 heteroatoms. The highest BCUT2D eigenvalue weighted by Crippen LogP contribution is 2.40. The first-order chi connectivity index (χ1) is 19.6. The van der Waals surface area contributed by atoms with Crippen molar-refractivity contribution >= 4 is 0 Å². The van der Waals surface area contributed by atoms with Crippen LogP contribution in [0.25, 0.3) is 33.8 Å². The normalized spacial score (nSPS) is 15.2. The molecule has 1 aliphatic carbocycles. The van der Waals surface area contributed by atoms with Gasteiger partial charge >= 0.3 is 0 Å². The van der Waals surface area contributed by atoms with E-state index in [-0.39, 0.29) is 0 Å². The van der Waals surface area contributed by atoms with Gasteiger partial charge in [0.1, 0.15) is 5.82 Å². The molecule has 6 heterocycles. The number of pyridine rings is 1. The molecule has 0 spiro atoms. The summed E-state index contributed by atoms with van der Waals surface area (Å²) < 4.78 is 11.5. The maximum absolute atomic E-state index is 5.45. The Morgan fingerprint density at radius 2 is 1.70 bits per heavy atom. The van der Waals surface area contributed by atoms with Gasteiger partial charge in [0.05, 0.1) is 49.2 Å². The molecule has 7 rings (SSSR count). The molecule has 0 atom stereocenters. The molecule has 204 valence electrons. The molecule has 1 aliphatic heterocycles. The van der Waals surface area contributed by atoms with E-state index in [9.17, 15) is 0 Å². The van der Waals surface area contributed by atoms with Gasteiger partial charge in [-0.2, -0.15) is 10.2 Å². The third-order valence-electron chi connectivity index (χ3n) is 7.91. The maximum Gasteiger partial charge on any atom is 0.133 e. The zero-order valence-corrected chi connectivity index (χ0v) is 23.0. The third-order valence-corrected chi connectivity index (χ3v) is 7.91. The number of hydrogen-bond donors (Lipinski definition) is 0. The second kappa shape index (κ2) is 10.4. The van der Waals surface area contributed by atoms with Crippen molar-refractivity contribution in [2.24, 2.45) is 14.1 Å². The standard InChI is InChI=1S/C30H33N9O/c1-36-19-24-4-3-22-15-32-27(13-21-14-34-39(18-21)8-7-38-9-11-40-12-10-38)35-29(22)28(24)30(36)23-5-6-26(31-16-23)25-17-33-37(2)20-25/h5-6,14-20H,3-4,7-13H2,1-2H3. The summed E-state index contributed by atoms with van der Waals surface area (Å²) in [5, 5.41) is 8.87. The Hall–Kier alpha value is -4.15. The number of morpholine rings is 1. The van der Waals surface area contributed by atoms with Crippen LogP contribution in [0, 0.1) is 0 Å². The van der Waals surface area contributed by atoms with Gasteiger partial charge in [0.2, 0.25) is 0 Å². The van der Waals surface area contributed by atoms with Gasteiger partial charge in [0.15, 0.2) is 0 Å². The molecule has 2 aliphatic rings. The summed E-state index contributed by atoms with van der Waals surface area (Å²) >= 11 is 0. The summed E-state index contributed by atoms with van der Waals surface area (Å²) in [4.78, 5) is 17.1. The predicted octanol–water partition coefficient (Wildman–Crippen LogP) is 3.16. The molecule has 0 N–H and O–H groups in total. The fourth-order valence-electron chi connectivity index (χ4n) is 5.82. The van der Waals surface area contributed by atoms with Crippen LogP contribution < -0.4 is 0 Å². The number of rotatable bonds is 7. The molecular weight excluding hydrogens is 502 g/mol. The zero-order valence-electron chi connectivity index (χ0n) is 23.0. The smallest absolute Gasteiger partial charge is 0.133 e. The number of nitrogens with zero attached hydrogens (tertiary/aromatic N) is 9. The van der Waals surface area contributed by atoms with Crippen molar-refractivity contribution in [3.8, 4) is 33.8 Å². The highest BCUT2D eigenvalue weighted by Gasteiger charge is 2.26. The first-order valence-electron chi connectivity index (χ1n) is 13.9. The molecule has 0 bridgehead atoms. The van der Waals surface area contributed by atoms with E-state index >= 15 is 0 Å². The Morgan fingerprint density at radius 1 is 0.825 bits per heavy atom. The van der Waals surface area contributed by atoms with Crippen molar-refractivity contribution in [1.82, 2.24) is 44.0 Å². The van der Waals surface area contributed by atoms with Crippen molar-refractivity contribution in [2.45, 2.75) is 25.8 Å². The molecule has 0 saturated carbocycles. The number of hydrogen-bond acceptors (Lipinski definition) is 7. The van der Waals surface area contributed by atoms with Gasteiger partial charge in [-0.25, -0.2) is 9.97 Å². The maximum atomic E-state index is 5.45. The Labute approximate surface area is 233 Å². The first kappa shape index (κ1) is 24.9. The van der Waals surface area contributed by atoms with Crippen molar-refractivity contribution in [3.05, 3.63) is 78.0 Å². The van der Waals surface area contributed by atoms with Crippen LogP contribution in [0.2, 0.25) is 0 Å². The fraction of sp³-hybridized carbons (Fsp3) is 0.367. The lowest BCUT2D eigenvalue weighted by molar-refractivity contribution is 0.0359. The summed E-state index contributed by atoms with van der Waals surface area (Å²) in [7, 11) is 4.02. The van der Waals surface area contributed by atoms with E-state index in [0.717, 1.165) is 91.8 Å². The molecule has 1 saturated heterocycles. The van der Waals surface area contributed by atoms with Crippen LogP contribution in [0.15, 0.2) is 55.5 Å². The monoisotopic (exact) mass is 535 g/mol. The number of fused-ring (bicyclic) bond motifs is 3. The quantitative estimate of drug-likeness (QED) is 0.316. The lowest BCUT2D eigenvalue weighted by Gasteiger charge is -2.26. The van der Waals surface area contributed by atoms with E-state index in [1.807, 2.05) is 42.7 Å². The lowest BCUT2D eigenvalue weighted by Crippen LogP contribution is -2.38. The molecule has 0 amide bonds. The summed E-state index contributed by atoms with van der Waals surface area (Å²) in [5.74, 6) is 0.819. The van der Waals surface area contributed by atoms with Gasteiger partial charge in [0.25, 0.3) is 0 Å². The Balaban J connectivity index is 1.14. The van der Waals surface area contributed by atoms with Gasteiger partial charge < -0.3 is 9.30 Å². The second-order valence-corrected chi connectivity index (χ2v) is 10.7. The molecule has 40 heavy (non-hydrogen) atoms. The average molecular weight is 536 g/mol. The number of aryl methyl sites for hydroxylation is 4. The number of aromatic nitrogens is 8. The van der Waals surface area contributed by atoms with Gasteiger partial charge in [0, 0.05) is 87.8 Å². The van der Waals surface area contributed by atoms with Crippen LogP contribution in [0.3, 0.4) is 0 Å². The van der Waals surface area contributed by atoms with Crippen LogP contribution in [0.4, 0.5) is 0 Å². The minimum Gasteiger partial charge on any atom is -0.379 e. The molecule has 10 nitrogen and oxygen atoms in total. The van der Waals surface area contributed by atoms with Crippen LogP contribution >= 0.6 is 0 Å². The highest BCUT2D eigenvalue weighted by molar-refractivity contribution is 5.85. The summed E-state index contributed by atoms with van der Waals surface area (Å²) in [6.45, 7) is 5.47. The molecule has 5 aromatic heterocycles. The summed E-state index contributed by atoms with van der Waals surface area (Å²) in [5.41, 5.74) is 10.0. The van der Waals surface area contributed by atoms with E-state index in [1.165, 1.54) is 16.7 Å². The van der Waals surface area contributed by atoms with Crippen molar-refractivity contribution < 1.29 is 4.74 Å². The molecule has 0 radical (unpaired) electrons. The molecule has 0 unspecified atom stereocenters. The molecule has 0 aromatic carbocycles. The van der Waals surface area contributed by atoms with Crippen LogP contribution in [0.1, 0.15) is 22.5 Å². The van der Waals surface area contributed by atoms with Gasteiger partial charge in [-0.15, -0.1) is 0 Å². The van der Waals surface area contributed by atoms with Gasteiger partial charge in [-0.3, -0.25) is 19.2 Å². The Kier molecular flexibility index (Phi) is 6.49. The topological polar surface area (TPSA) is 91.7 Å². The van der Waals surface area contributed by atoms with Gasteiger partial charge in [-0.05, 0) is 41.7 Å². The van der Waals surface area contributed by atoms with Crippen molar-refractivity contribution in [2.75, 3.05) is 32.8 Å². The van der Waals surface area contributed by atoms with E-state index < -0.39 is 0 Å². The molecule has 5 aromatic rings. The van der Waals surface area contributed by atoms with E-state index in [2.05, 4.69) is 51.2 Å². The highest BCUT2D eigenvalue weighted by atomic mass is 16.5. The Bertz CT molecular complexity index is 1640. The van der Waals surface area contributed by atoms with Crippen LogP contribution in [-0.2, 0) is 44.6 Å². The largest absolute Gasteiger partial charge is 0.379 e. The van der Waals surface area contributed by atoms with Crippen molar-refractivity contribution in [1.29, 1.82) is 0 Å². The predicted molar refractivity (Wildman–Crippen MR) is 152 cm³/mol. The third kappa shape index (κ3) is 4.84. The summed E-state index contributed by atoms with van der Waals surface area (Å²) in [6.07, 6.45) is 16.7. The van der Waals surface area contributed by atoms with Crippen molar-refractivity contribution in [3.63, 3.8) is 0 Å². The Morgan fingerprint density at radius 3 is 2.50 bits per heavy atom. The van der Waals surface area contributed by atoms with E-state index in [0.29, 0.717) is 6.42 Å². The molecule has 1 fully saturated rings. The SMILES string of the molecule is Cn1cc(-c2ccc(-c3c4c(cn3C)CCc3cnc(Cc5cnn(CCN6CCOCC6)c5)nc3-4)cn2)cn1. The van der Waals surface area contributed by atoms with E-state index in [4.69, 9.17) is 19.7 Å². The van der Waals surface area contributed by atoms with Crippen LogP contribution in [0.5, 0.6) is 0 Å².